The maximum Gasteiger partial charge on any atom is 0.231 e. The van der Waals surface area contributed by atoms with Crippen LogP contribution in [0, 0.1) is 11.7 Å². The fraction of sp³-hybridized carbons (Fsp3) is 0.235. The minimum Gasteiger partial charge on any atom is -0.492 e. The van der Waals surface area contributed by atoms with Crippen LogP contribution in [0.25, 0.3) is 0 Å². The van der Waals surface area contributed by atoms with Gasteiger partial charge in [-0.2, -0.15) is 0 Å². The molecule has 1 aliphatic rings. The molecule has 1 N–H and O–H groups in total. The number of para-hydroxylation sites is 1. The SMILES string of the molecule is CS(=O)(=O)c1ccc(NC(=O)[C@@H]2COc3ccccc3C2)cc1F. The number of carbonyl (C=O) groups is 1. The van der Waals surface area contributed by atoms with Crippen molar-refractivity contribution < 1.29 is 22.3 Å². The number of hydrogen-bond acceptors (Lipinski definition) is 4. The van der Waals surface area contributed by atoms with Gasteiger partial charge in [-0.25, -0.2) is 12.8 Å². The molecule has 3 rings (SSSR count). The topological polar surface area (TPSA) is 72.5 Å². The number of amides is 1. The van der Waals surface area contributed by atoms with Crippen LogP contribution in [0.15, 0.2) is 47.4 Å². The van der Waals surface area contributed by atoms with E-state index < -0.39 is 26.5 Å². The van der Waals surface area contributed by atoms with Gasteiger partial charge in [0, 0.05) is 11.9 Å². The number of anilines is 1. The van der Waals surface area contributed by atoms with Crippen LogP contribution in [0.1, 0.15) is 5.56 Å². The van der Waals surface area contributed by atoms with Gasteiger partial charge in [0.05, 0.1) is 5.92 Å². The Hall–Kier alpha value is -2.41. The molecule has 2 aromatic rings. The first-order valence-electron chi connectivity index (χ1n) is 7.36. The van der Waals surface area contributed by atoms with Crippen molar-refractivity contribution in [1.29, 1.82) is 0 Å². The average molecular weight is 349 g/mol. The standard InChI is InChI=1S/C17H16FNO4S/c1-24(21,22)16-7-6-13(9-14(16)18)19-17(20)12-8-11-4-2-3-5-15(11)23-10-12/h2-7,9,12H,8,10H2,1H3,(H,19,20)/t12-/m0/s1. The lowest BCUT2D eigenvalue weighted by Gasteiger charge is -2.24. The summed E-state index contributed by atoms with van der Waals surface area (Å²) in [6, 6.07) is 11.0. The summed E-state index contributed by atoms with van der Waals surface area (Å²) in [5, 5.41) is 2.61. The normalized spacial score (nSPS) is 16.8. The van der Waals surface area contributed by atoms with Crippen molar-refractivity contribution in [1.82, 2.24) is 0 Å². The molecule has 0 unspecified atom stereocenters. The van der Waals surface area contributed by atoms with Crippen molar-refractivity contribution in [2.45, 2.75) is 11.3 Å². The van der Waals surface area contributed by atoms with Gasteiger partial charge in [-0.05, 0) is 36.2 Å². The molecule has 0 aliphatic carbocycles. The Labute approximate surface area is 139 Å². The van der Waals surface area contributed by atoms with Crippen molar-refractivity contribution in [3.05, 3.63) is 53.8 Å². The highest BCUT2D eigenvalue weighted by Gasteiger charge is 2.26. The molecule has 0 bridgehead atoms. The van der Waals surface area contributed by atoms with Crippen molar-refractivity contribution in [3.8, 4) is 5.75 Å². The Balaban J connectivity index is 1.73. The van der Waals surface area contributed by atoms with E-state index in [-0.39, 0.29) is 18.2 Å². The third-order valence-electron chi connectivity index (χ3n) is 3.85. The number of nitrogens with one attached hydrogen (secondary N) is 1. The molecule has 1 aliphatic heterocycles. The summed E-state index contributed by atoms with van der Waals surface area (Å²) < 4.78 is 42.3. The van der Waals surface area contributed by atoms with Gasteiger partial charge < -0.3 is 10.1 Å². The first kappa shape index (κ1) is 16.4. The van der Waals surface area contributed by atoms with Gasteiger partial charge in [0.1, 0.15) is 23.1 Å². The Morgan fingerprint density at radius 3 is 2.71 bits per heavy atom. The molecule has 7 heteroatoms. The van der Waals surface area contributed by atoms with Crippen LogP contribution in [0.2, 0.25) is 0 Å². The molecule has 0 aromatic heterocycles. The van der Waals surface area contributed by atoms with Crippen LogP contribution >= 0.6 is 0 Å². The molecule has 24 heavy (non-hydrogen) atoms. The number of benzene rings is 2. The molecule has 126 valence electrons. The molecule has 5 nitrogen and oxygen atoms in total. The number of hydrogen-bond donors (Lipinski definition) is 1. The van der Waals surface area contributed by atoms with Gasteiger partial charge in [0.25, 0.3) is 0 Å². The molecule has 0 saturated heterocycles. The predicted octanol–water partition coefficient (Wildman–Crippen LogP) is 2.42. The average Bonchev–Trinajstić information content (AvgIpc) is 2.53. The number of rotatable bonds is 3. The van der Waals surface area contributed by atoms with Crippen molar-refractivity contribution in [2.75, 3.05) is 18.2 Å². The summed E-state index contributed by atoms with van der Waals surface area (Å²) in [6.45, 7) is 0.243. The molecule has 0 saturated carbocycles. The molecule has 1 amide bonds. The third kappa shape index (κ3) is 3.41. The molecule has 2 aromatic carbocycles. The Morgan fingerprint density at radius 1 is 1.25 bits per heavy atom. The van der Waals surface area contributed by atoms with Crippen molar-refractivity contribution in [2.24, 2.45) is 5.92 Å². The maximum atomic E-state index is 13.9. The largest absolute Gasteiger partial charge is 0.492 e. The second-order valence-electron chi connectivity index (χ2n) is 5.73. The summed E-state index contributed by atoms with van der Waals surface area (Å²) in [5.41, 5.74) is 1.16. The first-order valence-corrected chi connectivity index (χ1v) is 9.25. The fourth-order valence-corrected chi connectivity index (χ4v) is 3.35. The minimum absolute atomic E-state index is 0.212. The van der Waals surface area contributed by atoms with E-state index in [2.05, 4.69) is 5.32 Å². The van der Waals surface area contributed by atoms with Crippen LogP contribution in [0.5, 0.6) is 5.75 Å². The smallest absolute Gasteiger partial charge is 0.231 e. The van der Waals surface area contributed by atoms with E-state index in [1.165, 1.54) is 6.07 Å². The van der Waals surface area contributed by atoms with E-state index >= 15 is 0 Å². The molecule has 1 atom stereocenters. The maximum absolute atomic E-state index is 13.9. The number of sulfone groups is 1. The quantitative estimate of drug-likeness (QED) is 0.924. The zero-order valence-electron chi connectivity index (χ0n) is 13.0. The highest BCUT2D eigenvalue weighted by molar-refractivity contribution is 7.90. The Morgan fingerprint density at radius 2 is 2.00 bits per heavy atom. The number of ether oxygens (including phenoxy) is 1. The number of fused-ring (bicyclic) bond motifs is 1. The lowest BCUT2D eigenvalue weighted by molar-refractivity contribution is -0.121. The molecule has 0 spiro atoms. The zero-order chi connectivity index (χ0) is 17.3. The predicted molar refractivity (Wildman–Crippen MR) is 87.3 cm³/mol. The van der Waals surface area contributed by atoms with Gasteiger partial charge in [0.15, 0.2) is 9.84 Å². The van der Waals surface area contributed by atoms with Gasteiger partial charge in [-0.3, -0.25) is 4.79 Å². The minimum atomic E-state index is -3.64. The Kier molecular flexibility index (Phi) is 4.28. The molecule has 0 fully saturated rings. The zero-order valence-corrected chi connectivity index (χ0v) is 13.8. The highest BCUT2D eigenvalue weighted by Crippen LogP contribution is 2.27. The lowest BCUT2D eigenvalue weighted by Crippen LogP contribution is -2.32. The van der Waals surface area contributed by atoms with E-state index in [0.717, 1.165) is 29.7 Å². The molecule has 0 radical (unpaired) electrons. The summed E-state index contributed by atoms with van der Waals surface area (Å²) in [7, 11) is -3.64. The summed E-state index contributed by atoms with van der Waals surface area (Å²) in [6.07, 6.45) is 1.46. The van der Waals surface area contributed by atoms with Gasteiger partial charge >= 0.3 is 0 Å². The fourth-order valence-electron chi connectivity index (χ4n) is 2.62. The van der Waals surface area contributed by atoms with Crippen LogP contribution in [0.4, 0.5) is 10.1 Å². The second kappa shape index (κ2) is 6.24. The summed E-state index contributed by atoms with van der Waals surface area (Å²) in [4.78, 5) is 11.9. The van der Waals surface area contributed by atoms with Crippen LogP contribution in [-0.4, -0.2) is 27.2 Å². The highest BCUT2D eigenvalue weighted by atomic mass is 32.2. The number of halogens is 1. The van der Waals surface area contributed by atoms with Gasteiger partial charge in [0.2, 0.25) is 5.91 Å². The van der Waals surface area contributed by atoms with E-state index in [1.54, 1.807) is 0 Å². The third-order valence-corrected chi connectivity index (χ3v) is 4.98. The molecule has 1 heterocycles. The van der Waals surface area contributed by atoms with Crippen molar-refractivity contribution >= 4 is 21.4 Å². The van der Waals surface area contributed by atoms with Crippen LogP contribution in [-0.2, 0) is 21.1 Å². The van der Waals surface area contributed by atoms with Crippen LogP contribution < -0.4 is 10.1 Å². The first-order chi connectivity index (χ1) is 11.3. The summed E-state index contributed by atoms with van der Waals surface area (Å²) >= 11 is 0. The summed E-state index contributed by atoms with van der Waals surface area (Å²) in [5.74, 6) is -0.806. The Bertz CT molecular complexity index is 895. The van der Waals surface area contributed by atoms with E-state index in [0.29, 0.717) is 6.42 Å². The molecular formula is C17H16FNO4S. The molecular weight excluding hydrogens is 333 g/mol. The van der Waals surface area contributed by atoms with E-state index in [4.69, 9.17) is 4.74 Å². The van der Waals surface area contributed by atoms with Gasteiger partial charge in [-0.15, -0.1) is 0 Å². The number of carbonyl (C=O) groups excluding carboxylic acids is 1. The second-order valence-corrected chi connectivity index (χ2v) is 7.71. The van der Waals surface area contributed by atoms with Gasteiger partial charge in [-0.1, -0.05) is 18.2 Å². The van der Waals surface area contributed by atoms with Crippen LogP contribution in [0.3, 0.4) is 0 Å². The monoisotopic (exact) mass is 349 g/mol. The lowest BCUT2D eigenvalue weighted by atomic mass is 9.96. The van der Waals surface area contributed by atoms with E-state index in [9.17, 15) is 17.6 Å². The van der Waals surface area contributed by atoms with E-state index in [1.807, 2.05) is 24.3 Å². The van der Waals surface area contributed by atoms with Crippen molar-refractivity contribution in [3.63, 3.8) is 0 Å².